The zero-order valence-corrected chi connectivity index (χ0v) is 12.4. The van der Waals surface area contributed by atoms with Gasteiger partial charge in [-0.2, -0.15) is 0 Å². The summed E-state index contributed by atoms with van der Waals surface area (Å²) in [7, 11) is 0. The van der Waals surface area contributed by atoms with Gasteiger partial charge in [0.25, 0.3) is 0 Å². The molecular weight excluding hydrogens is 254 g/mol. The summed E-state index contributed by atoms with van der Waals surface area (Å²) in [4.78, 5) is 16.0. The fraction of sp³-hybridized carbons (Fsp3) is 0.750. The van der Waals surface area contributed by atoms with Crippen molar-refractivity contribution < 1.29 is 14.3 Å². The van der Waals surface area contributed by atoms with Crippen molar-refractivity contribution in [1.82, 2.24) is 0 Å². The number of carbonyl (C=O) groups is 1. The summed E-state index contributed by atoms with van der Waals surface area (Å²) in [6, 6.07) is 0. The molecule has 0 bridgehead atoms. The molecule has 3 rings (SSSR count). The standard InChI is InChI=1S/C16H21NO3/c1-14(2)12-6-5-7-16(19-8-9-20-16)15(12,3)10-11(17-4)13(14)18/h10,12H,5-9H2,1-3H3/t12?,15-/m0/s1. The maximum absolute atomic E-state index is 12.5. The minimum atomic E-state index is -0.649. The summed E-state index contributed by atoms with van der Waals surface area (Å²) in [5.74, 6) is -0.533. The van der Waals surface area contributed by atoms with Gasteiger partial charge >= 0.3 is 0 Å². The summed E-state index contributed by atoms with van der Waals surface area (Å²) in [5.41, 5.74) is -0.695. The molecule has 2 fully saturated rings. The van der Waals surface area contributed by atoms with Crippen LogP contribution in [0.25, 0.3) is 4.85 Å². The molecule has 1 unspecified atom stereocenters. The van der Waals surface area contributed by atoms with E-state index in [1.807, 2.05) is 19.9 Å². The minimum Gasteiger partial charge on any atom is -0.347 e. The molecule has 4 nitrogen and oxygen atoms in total. The number of hydrogen-bond donors (Lipinski definition) is 0. The Morgan fingerprint density at radius 2 is 1.95 bits per heavy atom. The predicted octanol–water partition coefficient (Wildman–Crippen LogP) is 2.95. The van der Waals surface area contributed by atoms with Crippen LogP contribution in [0.2, 0.25) is 0 Å². The van der Waals surface area contributed by atoms with E-state index in [9.17, 15) is 4.79 Å². The van der Waals surface area contributed by atoms with Crippen LogP contribution in [-0.2, 0) is 14.3 Å². The lowest BCUT2D eigenvalue weighted by Gasteiger charge is -2.57. The molecule has 1 spiro atoms. The summed E-state index contributed by atoms with van der Waals surface area (Å²) < 4.78 is 12.0. The van der Waals surface area contributed by atoms with Crippen molar-refractivity contribution in [3.8, 4) is 0 Å². The smallest absolute Gasteiger partial charge is 0.226 e. The number of rotatable bonds is 0. The first-order chi connectivity index (χ1) is 9.37. The van der Waals surface area contributed by atoms with Gasteiger partial charge in [-0.3, -0.25) is 0 Å². The normalized spacial score (nSPS) is 38.2. The molecule has 4 heteroatoms. The van der Waals surface area contributed by atoms with Crippen molar-refractivity contribution in [1.29, 1.82) is 0 Å². The maximum atomic E-state index is 12.5. The Hall–Kier alpha value is -1.18. The molecule has 0 aromatic carbocycles. The monoisotopic (exact) mass is 275 g/mol. The van der Waals surface area contributed by atoms with Gasteiger partial charge in [0, 0.05) is 17.3 Å². The number of nitrogens with zero attached hydrogens (tertiary/aromatic N) is 1. The predicted molar refractivity (Wildman–Crippen MR) is 73.6 cm³/mol. The van der Waals surface area contributed by atoms with Crippen LogP contribution in [0, 0.1) is 23.3 Å². The number of carbonyl (C=O) groups excluding carboxylic acids is 1. The van der Waals surface area contributed by atoms with Gasteiger partial charge in [0.2, 0.25) is 5.70 Å². The third-order valence-corrected chi connectivity index (χ3v) is 5.54. The average molecular weight is 275 g/mol. The van der Waals surface area contributed by atoms with Crippen LogP contribution in [0.1, 0.15) is 40.0 Å². The Morgan fingerprint density at radius 3 is 2.55 bits per heavy atom. The van der Waals surface area contributed by atoms with Crippen LogP contribution in [-0.4, -0.2) is 24.8 Å². The van der Waals surface area contributed by atoms with Crippen molar-refractivity contribution in [2.45, 2.75) is 45.8 Å². The Balaban J connectivity index is 2.18. The zero-order chi connectivity index (χ0) is 14.6. The molecule has 1 heterocycles. The van der Waals surface area contributed by atoms with E-state index in [1.165, 1.54) is 0 Å². The number of ketones is 1. The highest BCUT2D eigenvalue weighted by Gasteiger charge is 2.64. The number of Topliss-reactive ketones (excluding diaryl/α,β-unsaturated/α-hetero) is 1. The molecule has 0 N–H and O–H groups in total. The quantitative estimate of drug-likeness (QED) is 0.638. The molecule has 3 aliphatic rings. The van der Waals surface area contributed by atoms with E-state index in [4.69, 9.17) is 16.0 Å². The lowest BCUT2D eigenvalue weighted by molar-refractivity contribution is -0.262. The second kappa shape index (κ2) is 4.16. The molecule has 0 amide bonds. The van der Waals surface area contributed by atoms with Crippen LogP contribution < -0.4 is 0 Å². The van der Waals surface area contributed by atoms with Gasteiger partial charge < -0.3 is 14.3 Å². The third kappa shape index (κ3) is 1.51. The minimum absolute atomic E-state index is 0.0370. The fourth-order valence-electron chi connectivity index (χ4n) is 4.53. The lowest BCUT2D eigenvalue weighted by Crippen LogP contribution is -2.60. The summed E-state index contributed by atoms with van der Waals surface area (Å²) in [6.45, 7) is 14.5. The van der Waals surface area contributed by atoms with Crippen molar-refractivity contribution >= 4 is 5.78 Å². The molecule has 1 saturated carbocycles. The SMILES string of the molecule is [C-]#[N+]C1=C[C@@]2(C)C(CCCC23OCCO3)C(C)(C)C1=O. The topological polar surface area (TPSA) is 39.9 Å². The Labute approximate surface area is 119 Å². The molecular formula is C16H21NO3. The second-order valence-corrected chi connectivity index (χ2v) is 6.87. The molecule has 0 aromatic rings. The van der Waals surface area contributed by atoms with E-state index in [0.717, 1.165) is 19.3 Å². The average Bonchev–Trinajstić information content (AvgIpc) is 2.87. The van der Waals surface area contributed by atoms with E-state index in [0.29, 0.717) is 13.2 Å². The van der Waals surface area contributed by atoms with Gasteiger partial charge in [0.15, 0.2) is 11.6 Å². The highest BCUT2D eigenvalue weighted by Crippen LogP contribution is 2.61. The van der Waals surface area contributed by atoms with E-state index in [1.54, 1.807) is 0 Å². The number of ether oxygens (including phenoxy) is 2. The first-order valence-corrected chi connectivity index (χ1v) is 7.30. The molecule has 108 valence electrons. The van der Waals surface area contributed by atoms with Gasteiger partial charge in [-0.25, -0.2) is 4.85 Å². The highest BCUT2D eigenvalue weighted by atomic mass is 16.7. The molecule has 0 radical (unpaired) electrons. The van der Waals surface area contributed by atoms with E-state index >= 15 is 0 Å². The molecule has 1 saturated heterocycles. The van der Waals surface area contributed by atoms with Crippen molar-refractivity contribution in [2.24, 2.45) is 16.7 Å². The van der Waals surface area contributed by atoms with Crippen LogP contribution in [0.5, 0.6) is 0 Å². The Morgan fingerprint density at radius 1 is 1.30 bits per heavy atom. The van der Waals surface area contributed by atoms with Crippen LogP contribution in [0.15, 0.2) is 11.8 Å². The molecule has 2 atom stereocenters. The lowest BCUT2D eigenvalue weighted by atomic mass is 9.51. The largest absolute Gasteiger partial charge is 0.347 e. The highest BCUT2D eigenvalue weighted by molar-refractivity contribution is 6.02. The van der Waals surface area contributed by atoms with Crippen LogP contribution in [0.4, 0.5) is 0 Å². The fourth-order valence-corrected chi connectivity index (χ4v) is 4.53. The van der Waals surface area contributed by atoms with Gasteiger partial charge in [-0.05, 0) is 18.8 Å². The van der Waals surface area contributed by atoms with E-state index < -0.39 is 16.6 Å². The van der Waals surface area contributed by atoms with Crippen molar-refractivity contribution in [3.05, 3.63) is 23.2 Å². The molecule has 0 aromatic heterocycles. The van der Waals surface area contributed by atoms with Gasteiger partial charge in [-0.15, -0.1) is 0 Å². The Bertz CT molecular complexity index is 522. The number of fused-ring (bicyclic) bond motifs is 2. The summed E-state index contributed by atoms with van der Waals surface area (Å²) in [5, 5.41) is 0. The Kier molecular flexibility index (Phi) is 2.87. The third-order valence-electron chi connectivity index (χ3n) is 5.54. The van der Waals surface area contributed by atoms with Gasteiger partial charge in [0.1, 0.15) is 0 Å². The summed E-state index contributed by atoms with van der Waals surface area (Å²) >= 11 is 0. The van der Waals surface area contributed by atoms with Gasteiger partial charge in [0.05, 0.1) is 19.8 Å². The van der Waals surface area contributed by atoms with E-state index in [2.05, 4.69) is 11.8 Å². The molecule has 1 aliphatic heterocycles. The molecule has 2 aliphatic carbocycles. The summed E-state index contributed by atoms with van der Waals surface area (Å²) in [6.07, 6.45) is 4.65. The van der Waals surface area contributed by atoms with Crippen molar-refractivity contribution in [3.63, 3.8) is 0 Å². The van der Waals surface area contributed by atoms with Crippen molar-refractivity contribution in [2.75, 3.05) is 13.2 Å². The van der Waals surface area contributed by atoms with Crippen LogP contribution in [0.3, 0.4) is 0 Å². The second-order valence-electron chi connectivity index (χ2n) is 6.87. The first-order valence-electron chi connectivity index (χ1n) is 7.30. The first kappa shape index (κ1) is 13.8. The van der Waals surface area contributed by atoms with Gasteiger partial charge in [-0.1, -0.05) is 26.8 Å². The zero-order valence-electron chi connectivity index (χ0n) is 12.4. The number of allylic oxidation sites excluding steroid dienone is 1. The molecule has 20 heavy (non-hydrogen) atoms. The van der Waals surface area contributed by atoms with Crippen LogP contribution >= 0.6 is 0 Å². The number of hydrogen-bond acceptors (Lipinski definition) is 3. The van der Waals surface area contributed by atoms with E-state index in [-0.39, 0.29) is 17.4 Å². The maximum Gasteiger partial charge on any atom is 0.226 e.